The molecule has 29 heavy (non-hydrogen) atoms. The van der Waals surface area contributed by atoms with E-state index in [0.29, 0.717) is 29.8 Å². The molecular formula is C23H28N2O4. The molecule has 154 valence electrons. The third-order valence-electron chi connectivity index (χ3n) is 5.15. The van der Waals surface area contributed by atoms with Crippen molar-refractivity contribution < 1.29 is 19.0 Å². The zero-order valence-electron chi connectivity index (χ0n) is 17.4. The third-order valence-corrected chi connectivity index (χ3v) is 5.15. The quantitative estimate of drug-likeness (QED) is 0.694. The van der Waals surface area contributed by atoms with Crippen molar-refractivity contribution in [1.82, 2.24) is 5.32 Å². The van der Waals surface area contributed by atoms with Gasteiger partial charge in [0.15, 0.2) is 11.5 Å². The standard InChI is InChI=1S/C23H28N2O4/c1-16-13-17-7-5-6-8-19(17)25(16)12-11-24-23(26)10-9-18-14-21(28-3)22(29-4)15-20(18)27-2/h5-10,14-16H,11-13H2,1-4H3,(H,24,26)/b10-9+. The predicted octanol–water partition coefficient (Wildman–Crippen LogP) is 3.29. The molecule has 0 saturated heterocycles. The molecule has 0 aromatic heterocycles. The van der Waals surface area contributed by atoms with Gasteiger partial charge in [-0.05, 0) is 37.1 Å². The first-order valence-electron chi connectivity index (χ1n) is 9.67. The molecule has 1 aliphatic rings. The van der Waals surface area contributed by atoms with E-state index in [-0.39, 0.29) is 5.91 Å². The normalized spacial score (nSPS) is 15.3. The summed E-state index contributed by atoms with van der Waals surface area (Å²) in [5.41, 5.74) is 3.37. The number of nitrogens with one attached hydrogen (secondary N) is 1. The van der Waals surface area contributed by atoms with E-state index >= 15 is 0 Å². The Labute approximate surface area is 172 Å². The number of hydrogen-bond acceptors (Lipinski definition) is 5. The van der Waals surface area contributed by atoms with Gasteiger partial charge in [-0.15, -0.1) is 0 Å². The highest BCUT2D eigenvalue weighted by atomic mass is 16.5. The highest BCUT2D eigenvalue weighted by Gasteiger charge is 2.24. The van der Waals surface area contributed by atoms with Gasteiger partial charge in [-0.25, -0.2) is 0 Å². The van der Waals surface area contributed by atoms with Gasteiger partial charge in [0.1, 0.15) is 5.75 Å². The Morgan fingerprint density at radius 2 is 1.79 bits per heavy atom. The molecule has 1 heterocycles. The molecule has 2 aromatic carbocycles. The van der Waals surface area contributed by atoms with Crippen LogP contribution < -0.4 is 24.4 Å². The number of anilines is 1. The van der Waals surface area contributed by atoms with Crippen molar-refractivity contribution in [3.8, 4) is 17.2 Å². The maximum Gasteiger partial charge on any atom is 0.244 e. The number of fused-ring (bicyclic) bond motifs is 1. The van der Waals surface area contributed by atoms with Gasteiger partial charge in [-0.2, -0.15) is 0 Å². The Morgan fingerprint density at radius 3 is 2.52 bits per heavy atom. The Morgan fingerprint density at radius 1 is 1.10 bits per heavy atom. The number of ether oxygens (including phenoxy) is 3. The molecule has 1 aliphatic heterocycles. The third kappa shape index (κ3) is 4.65. The summed E-state index contributed by atoms with van der Waals surface area (Å²) in [4.78, 5) is 14.6. The van der Waals surface area contributed by atoms with Crippen LogP contribution in [0.1, 0.15) is 18.1 Å². The van der Waals surface area contributed by atoms with Crippen LogP contribution in [0.25, 0.3) is 6.08 Å². The summed E-state index contributed by atoms with van der Waals surface area (Å²) < 4.78 is 16.0. The maximum absolute atomic E-state index is 12.3. The van der Waals surface area contributed by atoms with E-state index in [9.17, 15) is 4.79 Å². The molecule has 1 N–H and O–H groups in total. The molecule has 0 bridgehead atoms. The zero-order valence-corrected chi connectivity index (χ0v) is 17.4. The molecule has 1 unspecified atom stereocenters. The number of hydrogen-bond donors (Lipinski definition) is 1. The zero-order chi connectivity index (χ0) is 20.8. The Balaban J connectivity index is 1.59. The van der Waals surface area contributed by atoms with Gasteiger partial charge in [0, 0.05) is 42.5 Å². The second kappa shape index (κ2) is 9.37. The fraction of sp³-hybridized carbons (Fsp3) is 0.348. The topological polar surface area (TPSA) is 60.0 Å². The summed E-state index contributed by atoms with van der Waals surface area (Å²) in [5, 5.41) is 2.96. The monoisotopic (exact) mass is 396 g/mol. The fourth-order valence-electron chi connectivity index (χ4n) is 3.68. The van der Waals surface area contributed by atoms with Crippen LogP contribution in [0.3, 0.4) is 0 Å². The number of methoxy groups -OCH3 is 3. The number of rotatable bonds is 8. The van der Waals surface area contributed by atoms with Crippen molar-refractivity contribution >= 4 is 17.7 Å². The van der Waals surface area contributed by atoms with Gasteiger partial charge in [-0.3, -0.25) is 4.79 Å². The van der Waals surface area contributed by atoms with E-state index in [0.717, 1.165) is 18.5 Å². The van der Waals surface area contributed by atoms with Crippen LogP contribution in [0.5, 0.6) is 17.2 Å². The highest BCUT2D eigenvalue weighted by molar-refractivity contribution is 5.92. The molecule has 6 heteroatoms. The van der Waals surface area contributed by atoms with Gasteiger partial charge in [-0.1, -0.05) is 18.2 Å². The summed E-state index contributed by atoms with van der Waals surface area (Å²) in [7, 11) is 4.72. The molecule has 0 fully saturated rings. The number of carbonyl (C=O) groups excluding carboxylic acids is 1. The van der Waals surface area contributed by atoms with E-state index in [1.165, 1.54) is 17.3 Å². The molecule has 0 aliphatic carbocycles. The second-order valence-corrected chi connectivity index (χ2v) is 6.95. The summed E-state index contributed by atoms with van der Waals surface area (Å²) in [6.07, 6.45) is 4.26. The predicted molar refractivity (Wildman–Crippen MR) is 115 cm³/mol. The van der Waals surface area contributed by atoms with Crippen LogP contribution in [-0.2, 0) is 11.2 Å². The van der Waals surface area contributed by atoms with Crippen LogP contribution in [0.4, 0.5) is 5.69 Å². The van der Waals surface area contributed by atoms with Crippen molar-refractivity contribution in [2.24, 2.45) is 0 Å². The van der Waals surface area contributed by atoms with E-state index in [4.69, 9.17) is 14.2 Å². The van der Waals surface area contributed by atoms with Gasteiger partial charge < -0.3 is 24.4 Å². The van der Waals surface area contributed by atoms with Crippen LogP contribution in [0.2, 0.25) is 0 Å². The molecule has 1 atom stereocenters. The first kappa shape index (κ1) is 20.6. The molecule has 0 spiro atoms. The van der Waals surface area contributed by atoms with Crippen molar-refractivity contribution in [1.29, 1.82) is 0 Å². The summed E-state index contributed by atoms with van der Waals surface area (Å²) in [5.74, 6) is 1.61. The Bertz CT molecular complexity index is 894. The number of carbonyl (C=O) groups is 1. The van der Waals surface area contributed by atoms with Crippen molar-refractivity contribution in [2.45, 2.75) is 19.4 Å². The highest BCUT2D eigenvalue weighted by Crippen LogP contribution is 2.35. The molecule has 1 amide bonds. The lowest BCUT2D eigenvalue weighted by Crippen LogP contribution is -2.37. The summed E-state index contributed by atoms with van der Waals surface area (Å²) >= 11 is 0. The lowest BCUT2D eigenvalue weighted by molar-refractivity contribution is -0.116. The smallest absolute Gasteiger partial charge is 0.244 e. The van der Waals surface area contributed by atoms with E-state index in [1.807, 2.05) is 0 Å². The molecule has 0 radical (unpaired) electrons. The maximum atomic E-state index is 12.3. The van der Waals surface area contributed by atoms with Gasteiger partial charge in [0.25, 0.3) is 0 Å². The average molecular weight is 396 g/mol. The minimum atomic E-state index is -0.151. The second-order valence-electron chi connectivity index (χ2n) is 6.95. The molecule has 3 rings (SSSR count). The lowest BCUT2D eigenvalue weighted by Gasteiger charge is -2.24. The first-order valence-corrected chi connectivity index (χ1v) is 9.67. The van der Waals surface area contributed by atoms with Crippen molar-refractivity contribution in [3.63, 3.8) is 0 Å². The van der Waals surface area contributed by atoms with Gasteiger partial charge >= 0.3 is 0 Å². The molecule has 2 aromatic rings. The van der Waals surface area contributed by atoms with Crippen LogP contribution in [0.15, 0.2) is 42.5 Å². The SMILES string of the molecule is COc1cc(OC)c(OC)cc1/C=C/C(=O)NCCN1c2ccccc2CC1C. The minimum absolute atomic E-state index is 0.151. The van der Waals surface area contributed by atoms with Gasteiger partial charge in [0.2, 0.25) is 5.91 Å². The van der Waals surface area contributed by atoms with Crippen LogP contribution in [-0.4, -0.2) is 46.4 Å². The van der Waals surface area contributed by atoms with Crippen molar-refractivity contribution in [3.05, 3.63) is 53.6 Å². The largest absolute Gasteiger partial charge is 0.496 e. The number of para-hydroxylation sites is 1. The number of nitrogens with zero attached hydrogens (tertiary/aromatic N) is 1. The number of amides is 1. The average Bonchev–Trinajstić information content (AvgIpc) is 3.06. The fourth-order valence-corrected chi connectivity index (χ4v) is 3.68. The van der Waals surface area contributed by atoms with Gasteiger partial charge in [0.05, 0.1) is 21.3 Å². The molecular weight excluding hydrogens is 368 g/mol. The first-order chi connectivity index (χ1) is 14.1. The van der Waals surface area contributed by atoms with E-state index in [2.05, 4.69) is 41.4 Å². The van der Waals surface area contributed by atoms with Crippen LogP contribution in [0, 0.1) is 0 Å². The minimum Gasteiger partial charge on any atom is -0.496 e. The van der Waals surface area contributed by atoms with Crippen molar-refractivity contribution in [2.75, 3.05) is 39.3 Å². The molecule has 6 nitrogen and oxygen atoms in total. The summed E-state index contributed by atoms with van der Waals surface area (Å²) in [6, 6.07) is 12.4. The lowest BCUT2D eigenvalue weighted by atomic mass is 10.1. The van der Waals surface area contributed by atoms with E-state index < -0.39 is 0 Å². The van der Waals surface area contributed by atoms with Crippen LogP contribution >= 0.6 is 0 Å². The number of benzene rings is 2. The Hall–Kier alpha value is -3.15. The summed E-state index contributed by atoms with van der Waals surface area (Å²) in [6.45, 7) is 3.56. The van der Waals surface area contributed by atoms with E-state index in [1.54, 1.807) is 39.5 Å². The molecule has 0 saturated carbocycles. The Kier molecular flexibility index (Phi) is 6.65.